The molecule has 182 valence electrons. The molecule has 2 aromatic carbocycles. The van der Waals surface area contributed by atoms with E-state index < -0.39 is 12.1 Å². The van der Waals surface area contributed by atoms with E-state index in [1.807, 2.05) is 29.2 Å². The normalized spacial score (nSPS) is 28.6. The largest absolute Gasteiger partial charge is 0.481 e. The van der Waals surface area contributed by atoms with Crippen molar-refractivity contribution in [3.05, 3.63) is 59.7 Å². The number of benzene rings is 2. The summed E-state index contributed by atoms with van der Waals surface area (Å²) in [6.45, 7) is 1.37. The molecule has 1 heterocycles. The molecule has 1 aliphatic heterocycles. The second kappa shape index (κ2) is 8.70. The van der Waals surface area contributed by atoms with Crippen LogP contribution in [0.25, 0.3) is 11.1 Å². The van der Waals surface area contributed by atoms with Crippen LogP contribution in [0.2, 0.25) is 0 Å². The van der Waals surface area contributed by atoms with Crippen LogP contribution in [-0.4, -0.2) is 53.7 Å². The molecule has 3 fully saturated rings. The Kier molecular flexibility index (Phi) is 5.50. The van der Waals surface area contributed by atoms with E-state index in [1.54, 1.807) is 0 Å². The number of hydrogen-bond acceptors (Lipinski definition) is 4. The van der Waals surface area contributed by atoms with E-state index in [1.165, 1.54) is 22.3 Å². The molecule has 2 unspecified atom stereocenters. The van der Waals surface area contributed by atoms with Gasteiger partial charge < -0.3 is 20.1 Å². The van der Waals surface area contributed by atoms with Gasteiger partial charge in [0, 0.05) is 31.0 Å². The van der Waals surface area contributed by atoms with Crippen LogP contribution in [-0.2, 0) is 14.3 Å². The zero-order valence-corrected chi connectivity index (χ0v) is 19.6. The lowest BCUT2D eigenvalue weighted by molar-refractivity contribution is -0.152. The lowest BCUT2D eigenvalue weighted by Gasteiger charge is -2.41. The van der Waals surface area contributed by atoms with Crippen LogP contribution in [0.15, 0.2) is 48.5 Å². The molecule has 2 bridgehead atoms. The van der Waals surface area contributed by atoms with Crippen molar-refractivity contribution in [1.29, 1.82) is 0 Å². The van der Waals surface area contributed by atoms with Crippen LogP contribution < -0.4 is 5.32 Å². The van der Waals surface area contributed by atoms with Crippen molar-refractivity contribution in [2.24, 2.45) is 23.7 Å². The summed E-state index contributed by atoms with van der Waals surface area (Å²) in [6.07, 6.45) is 2.56. The van der Waals surface area contributed by atoms with Crippen LogP contribution in [0, 0.1) is 23.7 Å². The number of nitrogens with one attached hydrogen (secondary N) is 1. The Morgan fingerprint density at radius 1 is 0.914 bits per heavy atom. The van der Waals surface area contributed by atoms with E-state index in [0.717, 1.165) is 12.8 Å². The van der Waals surface area contributed by atoms with E-state index in [2.05, 4.69) is 29.6 Å². The molecule has 0 spiro atoms. The maximum Gasteiger partial charge on any atom is 0.407 e. The van der Waals surface area contributed by atoms with Gasteiger partial charge in [-0.1, -0.05) is 48.5 Å². The van der Waals surface area contributed by atoms with Gasteiger partial charge in [0.15, 0.2) is 0 Å². The second-order valence-corrected chi connectivity index (χ2v) is 10.5. The molecule has 2 saturated carbocycles. The van der Waals surface area contributed by atoms with Crippen LogP contribution in [0.5, 0.6) is 0 Å². The van der Waals surface area contributed by atoms with Crippen LogP contribution in [0.4, 0.5) is 4.79 Å². The Morgan fingerprint density at radius 2 is 1.49 bits per heavy atom. The van der Waals surface area contributed by atoms with Crippen molar-refractivity contribution in [1.82, 2.24) is 10.2 Å². The summed E-state index contributed by atoms with van der Waals surface area (Å²) in [5, 5.41) is 12.4. The van der Waals surface area contributed by atoms with Gasteiger partial charge in [-0.25, -0.2) is 4.79 Å². The van der Waals surface area contributed by atoms with Gasteiger partial charge in [-0.05, 0) is 59.8 Å². The third kappa shape index (κ3) is 3.87. The molecular weight excluding hydrogens is 444 g/mol. The molecule has 35 heavy (non-hydrogen) atoms. The number of aliphatic carboxylic acids is 1. The number of rotatable bonds is 5. The highest BCUT2D eigenvalue weighted by molar-refractivity contribution is 5.81. The Labute approximate surface area is 204 Å². The number of amides is 2. The lowest BCUT2D eigenvalue weighted by Crippen LogP contribution is -2.54. The maximum absolute atomic E-state index is 13.0. The fourth-order valence-corrected chi connectivity index (χ4v) is 6.81. The number of nitrogens with zero attached hydrogens (tertiary/aromatic N) is 1. The minimum Gasteiger partial charge on any atom is -0.481 e. The number of carboxylic acid groups (broad SMARTS) is 1. The van der Waals surface area contributed by atoms with E-state index >= 15 is 0 Å². The van der Waals surface area contributed by atoms with E-state index in [4.69, 9.17) is 4.74 Å². The van der Waals surface area contributed by atoms with Crippen molar-refractivity contribution in [3.63, 3.8) is 0 Å². The van der Waals surface area contributed by atoms with Crippen molar-refractivity contribution in [2.45, 2.75) is 37.6 Å². The zero-order chi connectivity index (χ0) is 24.1. The first-order chi connectivity index (χ1) is 17.0. The van der Waals surface area contributed by atoms with Crippen molar-refractivity contribution in [2.75, 3.05) is 19.7 Å². The first-order valence-electron chi connectivity index (χ1n) is 12.6. The highest BCUT2D eigenvalue weighted by Gasteiger charge is 2.48. The van der Waals surface area contributed by atoms with Gasteiger partial charge in [-0.2, -0.15) is 0 Å². The molecular formula is C28H30N2O5. The van der Waals surface area contributed by atoms with E-state index in [-0.39, 0.29) is 48.1 Å². The average molecular weight is 475 g/mol. The van der Waals surface area contributed by atoms with Crippen molar-refractivity contribution in [3.8, 4) is 11.1 Å². The first-order valence-corrected chi connectivity index (χ1v) is 12.6. The minimum absolute atomic E-state index is 0.0213. The molecule has 0 aromatic heterocycles. The summed E-state index contributed by atoms with van der Waals surface area (Å²) >= 11 is 0. The highest BCUT2D eigenvalue weighted by Crippen LogP contribution is 2.45. The number of hydrogen-bond donors (Lipinski definition) is 2. The Balaban J connectivity index is 0.993. The molecule has 6 rings (SSSR count). The Bertz CT molecular complexity index is 1110. The molecule has 4 aliphatic rings. The average Bonchev–Trinajstić information content (AvgIpc) is 3.30. The van der Waals surface area contributed by atoms with Crippen LogP contribution in [0.3, 0.4) is 0 Å². The summed E-state index contributed by atoms with van der Waals surface area (Å²) in [6, 6.07) is 16.4. The third-order valence-electron chi connectivity index (χ3n) is 8.58. The van der Waals surface area contributed by atoms with Gasteiger partial charge in [-0.3, -0.25) is 9.59 Å². The van der Waals surface area contributed by atoms with Crippen molar-refractivity contribution < 1.29 is 24.2 Å². The summed E-state index contributed by atoms with van der Waals surface area (Å²) in [5.41, 5.74) is 4.74. The molecule has 2 amide bonds. The molecule has 7 heteroatoms. The maximum atomic E-state index is 13.0. The zero-order valence-electron chi connectivity index (χ0n) is 19.6. The fourth-order valence-electron chi connectivity index (χ4n) is 6.81. The number of ether oxygens (including phenoxy) is 1. The molecule has 0 radical (unpaired) electrons. The minimum atomic E-state index is -0.722. The number of alkyl carbamates (subject to hydrolysis) is 1. The van der Waals surface area contributed by atoms with Gasteiger partial charge in [0.25, 0.3) is 0 Å². The van der Waals surface area contributed by atoms with Gasteiger partial charge in [0.2, 0.25) is 5.91 Å². The van der Waals surface area contributed by atoms with E-state index in [0.29, 0.717) is 25.9 Å². The second-order valence-electron chi connectivity index (χ2n) is 10.5. The molecule has 1 saturated heterocycles. The smallest absolute Gasteiger partial charge is 0.407 e. The fraction of sp³-hybridized carbons (Fsp3) is 0.464. The first kappa shape index (κ1) is 22.1. The number of likely N-dealkylation sites (tertiary alicyclic amines) is 1. The van der Waals surface area contributed by atoms with Crippen LogP contribution >= 0.6 is 0 Å². The van der Waals surface area contributed by atoms with E-state index in [9.17, 15) is 19.5 Å². The Morgan fingerprint density at radius 3 is 2.06 bits per heavy atom. The molecule has 7 nitrogen and oxygen atoms in total. The molecule has 2 atom stereocenters. The summed E-state index contributed by atoms with van der Waals surface area (Å²) in [7, 11) is 0. The van der Waals surface area contributed by atoms with Gasteiger partial charge in [0.1, 0.15) is 6.61 Å². The summed E-state index contributed by atoms with van der Waals surface area (Å²) in [5.74, 6) is -0.849. The third-order valence-corrected chi connectivity index (χ3v) is 8.58. The SMILES string of the molecule is O=C(NC1CC(C(=O)N2CC3CCC(C2)C3C(=O)O)C1)OCC1c2ccccc2-c2ccccc21. The lowest BCUT2D eigenvalue weighted by atomic mass is 9.78. The summed E-state index contributed by atoms with van der Waals surface area (Å²) in [4.78, 5) is 38.9. The molecule has 2 N–H and O–H groups in total. The van der Waals surface area contributed by atoms with Gasteiger partial charge in [0.05, 0.1) is 5.92 Å². The standard InChI is InChI=1S/C28H30N2O5/c31-26(30-13-16-9-10-17(14-30)25(16)27(32)33)18-11-19(12-18)29-28(34)35-15-24-22-7-3-1-5-20(22)21-6-2-4-8-23(21)24/h1-8,16-19,24-25H,9-15H2,(H,29,34)(H,32,33). The van der Waals surface area contributed by atoms with Gasteiger partial charge in [-0.15, -0.1) is 0 Å². The van der Waals surface area contributed by atoms with Crippen molar-refractivity contribution >= 4 is 18.0 Å². The number of carbonyl (C=O) groups excluding carboxylic acids is 2. The monoisotopic (exact) mass is 474 g/mol. The number of carboxylic acids is 1. The Hall–Kier alpha value is -3.35. The molecule has 2 aromatic rings. The summed E-state index contributed by atoms with van der Waals surface area (Å²) < 4.78 is 5.63. The predicted molar refractivity (Wildman–Crippen MR) is 129 cm³/mol. The predicted octanol–water partition coefficient (Wildman–Crippen LogP) is 3.87. The number of carbonyl (C=O) groups is 3. The van der Waals surface area contributed by atoms with Crippen LogP contribution in [0.1, 0.15) is 42.7 Å². The number of piperidine rings is 1. The number of fused-ring (bicyclic) bond motifs is 5. The highest BCUT2D eigenvalue weighted by atomic mass is 16.5. The quantitative estimate of drug-likeness (QED) is 0.686. The molecule has 3 aliphatic carbocycles. The topological polar surface area (TPSA) is 95.9 Å². The van der Waals surface area contributed by atoms with Gasteiger partial charge >= 0.3 is 12.1 Å².